The van der Waals surface area contributed by atoms with Gasteiger partial charge in [-0.3, -0.25) is 4.79 Å². The van der Waals surface area contributed by atoms with Crippen molar-refractivity contribution in [2.75, 3.05) is 17.8 Å². The lowest BCUT2D eigenvalue weighted by molar-refractivity contribution is 0.102. The molecule has 120 valence electrons. The Labute approximate surface area is 141 Å². The molecule has 3 N–H and O–H groups in total. The normalized spacial score (nSPS) is 12.2. The summed E-state index contributed by atoms with van der Waals surface area (Å²) < 4.78 is 10.5. The predicted octanol–water partition coefficient (Wildman–Crippen LogP) is 3.37. The molecule has 3 aromatic rings. The van der Waals surface area contributed by atoms with Gasteiger partial charge in [0.15, 0.2) is 16.6 Å². The summed E-state index contributed by atoms with van der Waals surface area (Å²) in [5.74, 6) is 1.01. The van der Waals surface area contributed by atoms with E-state index < -0.39 is 0 Å². The van der Waals surface area contributed by atoms with E-state index >= 15 is 0 Å². The Morgan fingerprint density at radius 2 is 2.04 bits per heavy atom. The minimum Gasteiger partial charge on any atom is -0.454 e. The third-order valence-electron chi connectivity index (χ3n) is 3.57. The molecule has 0 bridgehead atoms. The molecule has 2 aromatic carbocycles. The predicted molar refractivity (Wildman–Crippen MR) is 92.5 cm³/mol. The van der Waals surface area contributed by atoms with Crippen molar-refractivity contribution in [1.82, 2.24) is 4.98 Å². The molecule has 0 radical (unpaired) electrons. The van der Waals surface area contributed by atoms with Crippen LogP contribution >= 0.6 is 11.3 Å². The van der Waals surface area contributed by atoms with Crippen molar-refractivity contribution in [1.29, 1.82) is 0 Å². The number of nitrogens with two attached hydrogens (primary N) is 1. The highest BCUT2D eigenvalue weighted by atomic mass is 32.1. The number of hydrogen-bond donors (Lipinski definition) is 2. The standard InChI is InChI=1S/C17H13N3O3S/c18-17-20-13(8-24-17)10-2-1-3-12(6-10)19-16(21)11-4-5-14-15(7-11)23-9-22-14/h1-8H,9H2,(H2,18,20)(H,19,21). The first-order valence-corrected chi connectivity index (χ1v) is 8.09. The number of aromatic nitrogens is 1. The smallest absolute Gasteiger partial charge is 0.255 e. The number of thiazole rings is 1. The number of nitrogens with zero attached hydrogens (tertiary/aromatic N) is 1. The SMILES string of the molecule is Nc1nc(-c2cccc(NC(=O)c3ccc4c(c3)OCO4)c2)cs1. The summed E-state index contributed by atoms with van der Waals surface area (Å²) in [6.45, 7) is 0.180. The van der Waals surface area contributed by atoms with Crippen LogP contribution in [0.4, 0.5) is 10.8 Å². The molecule has 0 spiro atoms. The molecule has 1 aliphatic heterocycles. The molecule has 1 aromatic heterocycles. The lowest BCUT2D eigenvalue weighted by Gasteiger charge is -2.07. The Balaban J connectivity index is 1.56. The van der Waals surface area contributed by atoms with Gasteiger partial charge in [0, 0.05) is 22.2 Å². The average molecular weight is 339 g/mol. The van der Waals surface area contributed by atoms with E-state index in [1.807, 2.05) is 29.6 Å². The van der Waals surface area contributed by atoms with E-state index in [1.54, 1.807) is 18.2 Å². The third-order valence-corrected chi connectivity index (χ3v) is 4.25. The van der Waals surface area contributed by atoms with Crippen molar-refractivity contribution in [2.45, 2.75) is 0 Å². The molecule has 7 heteroatoms. The number of carbonyl (C=O) groups excluding carboxylic acids is 1. The van der Waals surface area contributed by atoms with E-state index in [2.05, 4.69) is 10.3 Å². The second-order valence-corrected chi connectivity index (χ2v) is 6.06. The van der Waals surface area contributed by atoms with Crippen LogP contribution in [0.25, 0.3) is 11.3 Å². The Kier molecular flexibility index (Phi) is 3.55. The van der Waals surface area contributed by atoms with E-state index in [0.29, 0.717) is 27.9 Å². The molecule has 0 aliphatic carbocycles. The number of ether oxygens (including phenoxy) is 2. The zero-order valence-electron chi connectivity index (χ0n) is 12.5. The van der Waals surface area contributed by atoms with Crippen LogP contribution in [-0.4, -0.2) is 17.7 Å². The van der Waals surface area contributed by atoms with Crippen molar-refractivity contribution >= 4 is 28.1 Å². The topological polar surface area (TPSA) is 86.5 Å². The summed E-state index contributed by atoms with van der Waals surface area (Å²) in [4.78, 5) is 16.7. The van der Waals surface area contributed by atoms with Gasteiger partial charge in [-0.15, -0.1) is 11.3 Å². The van der Waals surface area contributed by atoms with E-state index in [1.165, 1.54) is 11.3 Å². The van der Waals surface area contributed by atoms with Gasteiger partial charge in [0.25, 0.3) is 5.91 Å². The van der Waals surface area contributed by atoms with Gasteiger partial charge in [-0.2, -0.15) is 0 Å². The molecule has 2 heterocycles. The van der Waals surface area contributed by atoms with E-state index in [0.717, 1.165) is 11.3 Å². The Morgan fingerprint density at radius 1 is 1.17 bits per heavy atom. The molecule has 0 saturated carbocycles. The largest absolute Gasteiger partial charge is 0.454 e. The molecule has 0 fully saturated rings. The number of rotatable bonds is 3. The molecule has 6 nitrogen and oxygen atoms in total. The second kappa shape index (κ2) is 5.86. The molecule has 4 rings (SSSR count). The number of carbonyl (C=O) groups is 1. The van der Waals surface area contributed by atoms with Crippen LogP contribution < -0.4 is 20.5 Å². The van der Waals surface area contributed by atoms with E-state index in [-0.39, 0.29) is 12.7 Å². The summed E-state index contributed by atoms with van der Waals surface area (Å²) >= 11 is 1.38. The molecule has 0 saturated heterocycles. The number of fused-ring (bicyclic) bond motifs is 1. The average Bonchev–Trinajstić information content (AvgIpc) is 3.23. The van der Waals surface area contributed by atoms with Crippen LogP contribution in [0.1, 0.15) is 10.4 Å². The summed E-state index contributed by atoms with van der Waals surface area (Å²) in [5.41, 5.74) is 8.54. The number of nitrogens with one attached hydrogen (secondary N) is 1. The fourth-order valence-electron chi connectivity index (χ4n) is 2.42. The number of benzene rings is 2. The monoisotopic (exact) mass is 339 g/mol. The summed E-state index contributed by atoms with van der Waals surface area (Å²) in [5, 5.41) is 5.27. The van der Waals surface area contributed by atoms with Crippen molar-refractivity contribution in [3.8, 4) is 22.8 Å². The molecule has 1 amide bonds. The van der Waals surface area contributed by atoms with Gasteiger partial charge in [0.1, 0.15) is 0 Å². The van der Waals surface area contributed by atoms with Crippen LogP contribution in [0.2, 0.25) is 0 Å². The van der Waals surface area contributed by atoms with Gasteiger partial charge in [-0.1, -0.05) is 12.1 Å². The van der Waals surface area contributed by atoms with Crippen LogP contribution in [0.5, 0.6) is 11.5 Å². The zero-order valence-corrected chi connectivity index (χ0v) is 13.3. The van der Waals surface area contributed by atoms with Crippen LogP contribution in [0.3, 0.4) is 0 Å². The third kappa shape index (κ3) is 2.77. The van der Waals surface area contributed by atoms with E-state index in [4.69, 9.17) is 15.2 Å². The first-order chi connectivity index (χ1) is 11.7. The summed E-state index contributed by atoms with van der Waals surface area (Å²) in [6, 6.07) is 12.6. The van der Waals surface area contributed by atoms with Gasteiger partial charge in [0.05, 0.1) is 5.69 Å². The fourth-order valence-corrected chi connectivity index (χ4v) is 2.99. The summed E-state index contributed by atoms with van der Waals surface area (Å²) in [6.07, 6.45) is 0. The molecule has 0 unspecified atom stereocenters. The zero-order chi connectivity index (χ0) is 16.5. The van der Waals surface area contributed by atoms with Crippen molar-refractivity contribution in [3.05, 3.63) is 53.4 Å². The number of hydrogen-bond acceptors (Lipinski definition) is 6. The van der Waals surface area contributed by atoms with Crippen LogP contribution in [-0.2, 0) is 0 Å². The number of amides is 1. The summed E-state index contributed by atoms with van der Waals surface area (Å²) in [7, 11) is 0. The lowest BCUT2D eigenvalue weighted by Crippen LogP contribution is -2.11. The highest BCUT2D eigenvalue weighted by Gasteiger charge is 2.16. The van der Waals surface area contributed by atoms with E-state index in [9.17, 15) is 4.79 Å². The number of anilines is 2. The van der Waals surface area contributed by atoms with Gasteiger partial charge >= 0.3 is 0 Å². The maximum absolute atomic E-state index is 12.4. The first kappa shape index (κ1) is 14.5. The van der Waals surface area contributed by atoms with Crippen LogP contribution in [0.15, 0.2) is 47.8 Å². The minimum absolute atomic E-state index is 0.180. The Hall–Kier alpha value is -3.06. The van der Waals surface area contributed by atoms with Crippen LogP contribution in [0, 0.1) is 0 Å². The van der Waals surface area contributed by atoms with Gasteiger partial charge in [-0.05, 0) is 30.3 Å². The molecule has 1 aliphatic rings. The molecule has 0 atom stereocenters. The van der Waals surface area contributed by atoms with Gasteiger partial charge < -0.3 is 20.5 Å². The second-order valence-electron chi connectivity index (χ2n) is 5.17. The van der Waals surface area contributed by atoms with Crippen molar-refractivity contribution in [2.24, 2.45) is 0 Å². The first-order valence-electron chi connectivity index (χ1n) is 7.21. The van der Waals surface area contributed by atoms with Crippen molar-refractivity contribution in [3.63, 3.8) is 0 Å². The maximum atomic E-state index is 12.4. The lowest BCUT2D eigenvalue weighted by atomic mass is 10.1. The Morgan fingerprint density at radius 3 is 2.88 bits per heavy atom. The number of nitrogen functional groups attached to an aromatic ring is 1. The quantitative estimate of drug-likeness (QED) is 0.764. The Bertz CT molecular complexity index is 923. The maximum Gasteiger partial charge on any atom is 0.255 e. The highest BCUT2D eigenvalue weighted by Crippen LogP contribution is 2.33. The van der Waals surface area contributed by atoms with Gasteiger partial charge in [0.2, 0.25) is 6.79 Å². The molecular formula is C17H13N3O3S. The minimum atomic E-state index is -0.219. The van der Waals surface area contributed by atoms with Gasteiger partial charge in [-0.25, -0.2) is 4.98 Å². The fraction of sp³-hybridized carbons (Fsp3) is 0.0588. The highest BCUT2D eigenvalue weighted by molar-refractivity contribution is 7.13. The van der Waals surface area contributed by atoms with Crippen molar-refractivity contribution < 1.29 is 14.3 Å². The molecular weight excluding hydrogens is 326 g/mol. The molecule has 24 heavy (non-hydrogen) atoms.